The summed E-state index contributed by atoms with van der Waals surface area (Å²) in [6, 6.07) is 8.98. The molecule has 2 atom stereocenters. The highest BCUT2D eigenvalue weighted by Crippen LogP contribution is 2.36. The third-order valence-electron chi connectivity index (χ3n) is 5.72. The van der Waals surface area contributed by atoms with Crippen LogP contribution in [0, 0.1) is 5.41 Å². The number of ether oxygens (including phenoxy) is 1. The zero-order chi connectivity index (χ0) is 20.8. The summed E-state index contributed by atoms with van der Waals surface area (Å²) in [5.41, 5.74) is 1.75. The molecule has 1 heterocycles. The normalized spacial score (nSPS) is 19.8. The molecule has 1 fully saturated rings. The molecule has 0 radical (unpaired) electrons. The smallest absolute Gasteiger partial charge is 0.119 e. The summed E-state index contributed by atoms with van der Waals surface area (Å²) in [5, 5.41) is 13.6. The molecule has 1 aromatic carbocycles. The van der Waals surface area contributed by atoms with E-state index in [0.717, 1.165) is 25.3 Å². The van der Waals surface area contributed by atoms with Gasteiger partial charge in [0, 0.05) is 19.1 Å². The van der Waals surface area contributed by atoms with Crippen LogP contribution in [0.3, 0.4) is 0 Å². The predicted octanol–water partition coefficient (Wildman–Crippen LogP) is 4.21. The minimum absolute atomic E-state index is 0.132. The Kier molecular flexibility index (Phi) is 8.35. The first-order valence-corrected chi connectivity index (χ1v) is 11.0. The van der Waals surface area contributed by atoms with Gasteiger partial charge in [0.2, 0.25) is 0 Å². The lowest BCUT2D eigenvalue weighted by molar-refractivity contribution is 0.104. The Bertz CT molecular complexity index is 577. The molecule has 4 nitrogen and oxygen atoms in total. The molecule has 2 N–H and O–H groups in total. The molecule has 0 aliphatic carbocycles. The van der Waals surface area contributed by atoms with Crippen molar-refractivity contribution >= 4 is 0 Å². The van der Waals surface area contributed by atoms with Gasteiger partial charge in [-0.25, -0.2) is 0 Å². The van der Waals surface area contributed by atoms with Gasteiger partial charge in [-0.15, -0.1) is 0 Å². The van der Waals surface area contributed by atoms with Gasteiger partial charge < -0.3 is 15.2 Å². The molecule has 1 saturated heterocycles. The van der Waals surface area contributed by atoms with Crippen molar-refractivity contribution in [1.82, 2.24) is 10.2 Å². The molecule has 1 aliphatic heterocycles. The molecule has 0 aromatic heterocycles. The molecule has 2 rings (SSSR count). The van der Waals surface area contributed by atoms with Gasteiger partial charge in [0.05, 0.1) is 0 Å². The number of hydrogen-bond donors (Lipinski definition) is 2. The van der Waals surface area contributed by atoms with Crippen LogP contribution in [0.5, 0.6) is 5.75 Å². The zero-order valence-corrected chi connectivity index (χ0v) is 18.9. The maximum Gasteiger partial charge on any atom is 0.119 e. The van der Waals surface area contributed by atoms with Crippen LogP contribution in [0.15, 0.2) is 24.3 Å². The molecule has 0 bridgehead atoms. The first-order valence-electron chi connectivity index (χ1n) is 11.0. The lowest BCUT2D eigenvalue weighted by Gasteiger charge is -2.33. The molecular weight excluding hydrogens is 348 g/mol. The highest BCUT2D eigenvalue weighted by atomic mass is 16.5. The number of likely N-dealkylation sites (N-methyl/N-ethyl adjacent to an activating group) is 1. The van der Waals surface area contributed by atoms with E-state index in [4.69, 9.17) is 4.74 Å². The van der Waals surface area contributed by atoms with Gasteiger partial charge >= 0.3 is 0 Å². The van der Waals surface area contributed by atoms with Gasteiger partial charge in [-0.1, -0.05) is 53.7 Å². The maximum absolute atomic E-state index is 10.2. The first-order chi connectivity index (χ1) is 13.1. The summed E-state index contributed by atoms with van der Waals surface area (Å²) in [6.07, 6.45) is 3.18. The van der Waals surface area contributed by atoms with Crippen molar-refractivity contribution in [3.63, 3.8) is 0 Å². The molecule has 1 aromatic rings. The third kappa shape index (κ3) is 7.38. The quantitative estimate of drug-likeness (QED) is 0.628. The van der Waals surface area contributed by atoms with Crippen molar-refractivity contribution in [2.75, 3.05) is 32.8 Å². The third-order valence-corrected chi connectivity index (χ3v) is 5.72. The van der Waals surface area contributed by atoms with Crippen LogP contribution >= 0.6 is 0 Å². The highest BCUT2D eigenvalue weighted by Gasteiger charge is 2.27. The molecule has 0 saturated carbocycles. The van der Waals surface area contributed by atoms with E-state index >= 15 is 0 Å². The zero-order valence-electron chi connectivity index (χ0n) is 18.9. The Labute approximate surface area is 172 Å². The molecule has 0 unspecified atom stereocenters. The van der Waals surface area contributed by atoms with E-state index in [9.17, 15) is 5.11 Å². The molecule has 0 spiro atoms. The van der Waals surface area contributed by atoms with E-state index in [-0.39, 0.29) is 5.41 Å². The molecular formula is C24H42N2O2. The number of aliphatic hydroxyl groups excluding tert-OH is 1. The standard InChI is InChI=1S/C24H42N2O2/c1-7-26-14-8-9-20(26)15-25-16-21(27)17-28-22-12-10-19(11-13-22)24(5,6)18-23(2,3)4/h10-13,20-21,25,27H,7-9,14-18H2,1-6H3/t20-,21-/m0/s1. The SMILES string of the molecule is CCN1CCC[C@H]1CNC[C@H](O)COc1ccc(C(C)(C)CC(C)(C)C)cc1. The molecule has 160 valence electrons. The molecule has 0 amide bonds. The molecule has 28 heavy (non-hydrogen) atoms. The number of benzene rings is 1. The van der Waals surface area contributed by atoms with Crippen LogP contribution in [0.2, 0.25) is 0 Å². The van der Waals surface area contributed by atoms with Crippen LogP contribution in [0.4, 0.5) is 0 Å². The van der Waals surface area contributed by atoms with Gasteiger partial charge in [-0.05, 0) is 60.9 Å². The number of hydrogen-bond acceptors (Lipinski definition) is 4. The lowest BCUT2D eigenvalue weighted by atomic mass is 9.72. The van der Waals surface area contributed by atoms with E-state index in [2.05, 4.69) is 63.9 Å². The van der Waals surface area contributed by atoms with E-state index in [1.54, 1.807) is 0 Å². The van der Waals surface area contributed by atoms with Gasteiger partial charge in [-0.3, -0.25) is 4.90 Å². The highest BCUT2D eigenvalue weighted by molar-refractivity contribution is 5.31. The fraction of sp³-hybridized carbons (Fsp3) is 0.750. The number of nitrogens with zero attached hydrogens (tertiary/aromatic N) is 1. The second kappa shape index (κ2) is 10.1. The van der Waals surface area contributed by atoms with Gasteiger partial charge in [0.15, 0.2) is 0 Å². The number of rotatable bonds is 10. The van der Waals surface area contributed by atoms with Crippen LogP contribution in [-0.2, 0) is 5.41 Å². The summed E-state index contributed by atoms with van der Waals surface area (Å²) in [4.78, 5) is 2.51. The number of likely N-dealkylation sites (tertiary alicyclic amines) is 1. The van der Waals surface area contributed by atoms with Crippen molar-refractivity contribution < 1.29 is 9.84 Å². The Balaban J connectivity index is 1.73. The van der Waals surface area contributed by atoms with E-state index in [1.165, 1.54) is 24.9 Å². The van der Waals surface area contributed by atoms with Gasteiger partial charge in [0.1, 0.15) is 18.5 Å². The van der Waals surface area contributed by atoms with E-state index < -0.39 is 6.10 Å². The van der Waals surface area contributed by atoms with Crippen molar-refractivity contribution in [1.29, 1.82) is 0 Å². The topological polar surface area (TPSA) is 44.7 Å². The molecule has 1 aliphatic rings. The van der Waals surface area contributed by atoms with Crippen LogP contribution in [-0.4, -0.2) is 54.9 Å². The fourth-order valence-corrected chi connectivity index (χ4v) is 4.64. The van der Waals surface area contributed by atoms with Crippen LogP contribution in [0.25, 0.3) is 0 Å². The summed E-state index contributed by atoms with van der Waals surface area (Å²) in [6.45, 7) is 17.8. The first kappa shape index (κ1) is 23.2. The summed E-state index contributed by atoms with van der Waals surface area (Å²) < 4.78 is 5.80. The van der Waals surface area contributed by atoms with Crippen LogP contribution in [0.1, 0.15) is 66.4 Å². The van der Waals surface area contributed by atoms with Crippen molar-refractivity contribution in [2.24, 2.45) is 5.41 Å². The van der Waals surface area contributed by atoms with E-state index in [1.807, 2.05) is 12.1 Å². The number of aliphatic hydroxyl groups is 1. The lowest BCUT2D eigenvalue weighted by Crippen LogP contribution is -2.41. The fourth-order valence-electron chi connectivity index (χ4n) is 4.64. The second-order valence-electron chi connectivity index (χ2n) is 10.2. The average Bonchev–Trinajstić information content (AvgIpc) is 3.06. The molecule has 4 heteroatoms. The average molecular weight is 391 g/mol. The van der Waals surface area contributed by atoms with Gasteiger partial charge in [0.25, 0.3) is 0 Å². The minimum Gasteiger partial charge on any atom is -0.491 e. The monoisotopic (exact) mass is 390 g/mol. The maximum atomic E-state index is 10.2. The summed E-state index contributed by atoms with van der Waals surface area (Å²) >= 11 is 0. The van der Waals surface area contributed by atoms with Crippen molar-refractivity contribution in [2.45, 2.75) is 78.4 Å². The van der Waals surface area contributed by atoms with Crippen LogP contribution < -0.4 is 10.1 Å². The Morgan fingerprint density at radius 1 is 1.18 bits per heavy atom. The second-order valence-corrected chi connectivity index (χ2v) is 10.2. The van der Waals surface area contributed by atoms with E-state index in [0.29, 0.717) is 24.6 Å². The summed E-state index contributed by atoms with van der Waals surface area (Å²) in [5.74, 6) is 0.822. The Hall–Kier alpha value is -1.10. The van der Waals surface area contributed by atoms with Crippen molar-refractivity contribution in [3.8, 4) is 5.75 Å². The largest absolute Gasteiger partial charge is 0.491 e. The minimum atomic E-state index is -0.492. The summed E-state index contributed by atoms with van der Waals surface area (Å²) in [7, 11) is 0. The van der Waals surface area contributed by atoms with Gasteiger partial charge in [-0.2, -0.15) is 0 Å². The Morgan fingerprint density at radius 3 is 2.46 bits per heavy atom. The predicted molar refractivity (Wildman–Crippen MR) is 118 cm³/mol. The number of nitrogens with one attached hydrogen (secondary N) is 1. The Morgan fingerprint density at radius 2 is 1.86 bits per heavy atom. The van der Waals surface area contributed by atoms with Crippen molar-refractivity contribution in [3.05, 3.63) is 29.8 Å².